The van der Waals surface area contributed by atoms with Crippen LogP contribution in [0.15, 0.2) is 33.5 Å². The number of hydrogen-bond acceptors (Lipinski definition) is 5. The molecule has 3 aromatic rings. The maximum Gasteiger partial charge on any atom is 0.258 e. The van der Waals surface area contributed by atoms with Gasteiger partial charge in [-0.05, 0) is 54.5 Å². The third kappa shape index (κ3) is 2.23. The summed E-state index contributed by atoms with van der Waals surface area (Å²) in [4.78, 5) is 4.54. The highest BCUT2D eigenvalue weighted by molar-refractivity contribution is 7.08. The van der Waals surface area contributed by atoms with E-state index in [4.69, 9.17) is 4.52 Å². The average molecular weight is 297 g/mol. The minimum atomic E-state index is 0.587. The zero-order valence-corrected chi connectivity index (χ0v) is 12.5. The minimum absolute atomic E-state index is 0.587. The Bertz CT molecular complexity index is 790. The van der Waals surface area contributed by atoms with Gasteiger partial charge in [-0.1, -0.05) is 5.16 Å². The molecule has 0 aliphatic carbocycles. The highest BCUT2D eigenvalue weighted by Crippen LogP contribution is 2.30. The van der Waals surface area contributed by atoms with E-state index in [9.17, 15) is 0 Å². The topological polar surface area (TPSA) is 51.0 Å². The maximum atomic E-state index is 5.44. The van der Waals surface area contributed by atoms with Crippen LogP contribution in [0.4, 0.5) is 5.69 Å². The van der Waals surface area contributed by atoms with Gasteiger partial charge < -0.3 is 9.84 Å². The lowest BCUT2D eigenvalue weighted by molar-refractivity contribution is 0.432. The molecule has 5 heteroatoms. The number of rotatable bonds is 2. The minimum Gasteiger partial charge on any atom is -0.385 e. The van der Waals surface area contributed by atoms with Gasteiger partial charge in [-0.3, -0.25) is 0 Å². The van der Waals surface area contributed by atoms with Crippen LogP contribution in [0.5, 0.6) is 0 Å². The van der Waals surface area contributed by atoms with Crippen LogP contribution in [0.25, 0.3) is 22.8 Å². The van der Waals surface area contributed by atoms with Crippen LogP contribution in [0, 0.1) is 6.92 Å². The zero-order chi connectivity index (χ0) is 14.2. The predicted octanol–water partition coefficient (Wildman–Crippen LogP) is 4.13. The van der Waals surface area contributed by atoms with Crippen LogP contribution in [0.2, 0.25) is 0 Å². The van der Waals surface area contributed by atoms with Crippen LogP contribution >= 0.6 is 11.3 Å². The van der Waals surface area contributed by atoms with E-state index in [0.29, 0.717) is 11.7 Å². The van der Waals surface area contributed by atoms with Gasteiger partial charge in [-0.2, -0.15) is 16.3 Å². The molecule has 4 rings (SSSR count). The largest absolute Gasteiger partial charge is 0.385 e. The van der Waals surface area contributed by atoms with Crippen molar-refractivity contribution >= 4 is 17.0 Å². The summed E-state index contributed by atoms with van der Waals surface area (Å²) in [5.41, 5.74) is 5.77. The number of aryl methyl sites for hydroxylation is 2. The molecular weight excluding hydrogens is 282 g/mol. The van der Waals surface area contributed by atoms with Crippen molar-refractivity contribution in [1.29, 1.82) is 0 Å². The molecule has 1 aliphatic heterocycles. The Morgan fingerprint density at radius 1 is 1.29 bits per heavy atom. The van der Waals surface area contributed by atoms with Crippen molar-refractivity contribution in [2.24, 2.45) is 0 Å². The summed E-state index contributed by atoms with van der Waals surface area (Å²) in [5.74, 6) is 1.25. The van der Waals surface area contributed by atoms with E-state index in [1.54, 1.807) is 11.3 Å². The number of anilines is 1. The van der Waals surface area contributed by atoms with Gasteiger partial charge in [0.2, 0.25) is 5.82 Å². The second-order valence-electron chi connectivity index (χ2n) is 5.29. The zero-order valence-electron chi connectivity index (χ0n) is 11.7. The summed E-state index contributed by atoms with van der Waals surface area (Å²) in [6.45, 7) is 3.11. The maximum absolute atomic E-state index is 5.44. The molecule has 0 fully saturated rings. The number of thiophene rings is 1. The van der Waals surface area contributed by atoms with E-state index in [2.05, 4.69) is 45.3 Å². The second kappa shape index (κ2) is 5.00. The summed E-state index contributed by atoms with van der Waals surface area (Å²) in [6, 6.07) is 6.29. The standard InChI is InChI=1S/C16H15N3OS/c1-10-8-21-9-13(10)15-18-16(20-19-15)12-4-5-14-11(7-12)3-2-6-17-14/h4-5,7-9,17H,2-3,6H2,1H3. The summed E-state index contributed by atoms with van der Waals surface area (Å²) in [5, 5.41) is 11.7. The lowest BCUT2D eigenvalue weighted by atomic mass is 10.0. The molecule has 0 spiro atoms. The molecule has 106 valence electrons. The lowest BCUT2D eigenvalue weighted by Gasteiger charge is -2.17. The van der Waals surface area contributed by atoms with Crippen LogP contribution in [0.1, 0.15) is 17.5 Å². The molecule has 2 aromatic heterocycles. The summed E-state index contributed by atoms with van der Waals surface area (Å²) in [6.07, 6.45) is 2.26. The molecule has 0 saturated carbocycles. The summed E-state index contributed by atoms with van der Waals surface area (Å²) in [7, 11) is 0. The van der Waals surface area contributed by atoms with Gasteiger partial charge in [0.05, 0.1) is 0 Å². The average Bonchev–Trinajstić information content (AvgIpc) is 3.15. The first-order valence-corrected chi connectivity index (χ1v) is 7.99. The molecule has 3 heterocycles. The SMILES string of the molecule is Cc1cscc1-c1noc(-c2ccc3c(c2)CCCN3)n1. The molecule has 0 radical (unpaired) electrons. The van der Waals surface area contributed by atoms with E-state index < -0.39 is 0 Å². The fourth-order valence-electron chi connectivity index (χ4n) is 2.65. The number of fused-ring (bicyclic) bond motifs is 1. The van der Waals surface area contributed by atoms with Gasteiger partial charge in [-0.15, -0.1) is 0 Å². The number of benzene rings is 1. The quantitative estimate of drug-likeness (QED) is 0.772. The van der Waals surface area contributed by atoms with Crippen molar-refractivity contribution in [3.05, 3.63) is 40.1 Å². The predicted molar refractivity (Wildman–Crippen MR) is 84.6 cm³/mol. The molecule has 1 aliphatic rings. The summed E-state index contributed by atoms with van der Waals surface area (Å²) < 4.78 is 5.44. The Labute approximate surface area is 126 Å². The molecule has 0 amide bonds. The smallest absolute Gasteiger partial charge is 0.258 e. The Balaban J connectivity index is 1.71. The molecule has 0 bridgehead atoms. The first-order valence-electron chi connectivity index (χ1n) is 7.05. The normalized spacial score (nSPS) is 13.8. The monoisotopic (exact) mass is 297 g/mol. The van der Waals surface area contributed by atoms with Crippen LogP contribution in [-0.2, 0) is 6.42 Å². The van der Waals surface area contributed by atoms with E-state index in [-0.39, 0.29) is 0 Å². The van der Waals surface area contributed by atoms with E-state index in [1.807, 2.05) is 6.07 Å². The van der Waals surface area contributed by atoms with Gasteiger partial charge in [0.1, 0.15) is 0 Å². The van der Waals surface area contributed by atoms with Crippen molar-refractivity contribution in [2.75, 3.05) is 11.9 Å². The molecule has 0 atom stereocenters. The Hall–Kier alpha value is -2.14. The molecule has 1 aromatic carbocycles. The van der Waals surface area contributed by atoms with Gasteiger partial charge in [-0.25, -0.2) is 0 Å². The summed E-state index contributed by atoms with van der Waals surface area (Å²) >= 11 is 1.65. The first-order chi connectivity index (χ1) is 10.3. The third-order valence-corrected chi connectivity index (χ3v) is 4.67. The van der Waals surface area contributed by atoms with Gasteiger partial charge in [0, 0.05) is 28.7 Å². The van der Waals surface area contributed by atoms with Gasteiger partial charge in [0.15, 0.2) is 0 Å². The van der Waals surface area contributed by atoms with Crippen LogP contribution < -0.4 is 5.32 Å². The first kappa shape index (κ1) is 12.6. The van der Waals surface area contributed by atoms with Crippen molar-refractivity contribution in [3.63, 3.8) is 0 Å². The second-order valence-corrected chi connectivity index (χ2v) is 6.04. The van der Waals surface area contributed by atoms with Gasteiger partial charge in [0.25, 0.3) is 5.89 Å². The Kier molecular flexibility index (Phi) is 3.00. The van der Waals surface area contributed by atoms with Crippen molar-refractivity contribution < 1.29 is 4.52 Å². The number of nitrogens with one attached hydrogen (secondary N) is 1. The molecule has 0 unspecified atom stereocenters. The Morgan fingerprint density at radius 3 is 3.10 bits per heavy atom. The molecule has 1 N–H and O–H groups in total. The van der Waals surface area contributed by atoms with Crippen molar-refractivity contribution in [3.8, 4) is 22.8 Å². The Morgan fingerprint density at radius 2 is 2.24 bits per heavy atom. The fourth-order valence-corrected chi connectivity index (χ4v) is 3.47. The molecular formula is C16H15N3OS. The highest BCUT2D eigenvalue weighted by Gasteiger charge is 2.15. The number of hydrogen-bond donors (Lipinski definition) is 1. The highest BCUT2D eigenvalue weighted by atomic mass is 32.1. The van der Waals surface area contributed by atoms with E-state index in [1.165, 1.54) is 23.2 Å². The van der Waals surface area contributed by atoms with Gasteiger partial charge >= 0.3 is 0 Å². The molecule has 21 heavy (non-hydrogen) atoms. The van der Waals surface area contributed by atoms with Crippen molar-refractivity contribution in [2.45, 2.75) is 19.8 Å². The number of aromatic nitrogens is 2. The molecule has 4 nitrogen and oxygen atoms in total. The third-order valence-electron chi connectivity index (χ3n) is 3.81. The fraction of sp³-hybridized carbons (Fsp3) is 0.250. The van der Waals surface area contributed by atoms with Crippen LogP contribution in [-0.4, -0.2) is 16.7 Å². The van der Waals surface area contributed by atoms with E-state index >= 15 is 0 Å². The van der Waals surface area contributed by atoms with E-state index in [0.717, 1.165) is 24.1 Å². The van der Waals surface area contributed by atoms with Crippen molar-refractivity contribution in [1.82, 2.24) is 10.1 Å². The van der Waals surface area contributed by atoms with Crippen LogP contribution in [0.3, 0.4) is 0 Å². The number of nitrogens with zero attached hydrogens (tertiary/aromatic N) is 2. The molecule has 0 saturated heterocycles. The lowest BCUT2D eigenvalue weighted by Crippen LogP contribution is -2.11.